The highest BCUT2D eigenvalue weighted by molar-refractivity contribution is 5.75. The Hall–Kier alpha value is -1.75. The Morgan fingerprint density at radius 1 is 1.10 bits per heavy atom. The lowest BCUT2D eigenvalue weighted by Crippen LogP contribution is -2.59. The van der Waals surface area contributed by atoms with Crippen molar-refractivity contribution in [2.24, 2.45) is 23.7 Å². The van der Waals surface area contributed by atoms with Crippen molar-refractivity contribution in [1.29, 1.82) is 0 Å². The maximum Gasteiger partial charge on any atom is 0.317 e. The maximum absolute atomic E-state index is 13.2. The Labute approximate surface area is 179 Å². The molecule has 0 atom stereocenters. The van der Waals surface area contributed by atoms with Crippen molar-refractivity contribution in [1.82, 2.24) is 15.5 Å². The summed E-state index contributed by atoms with van der Waals surface area (Å²) in [5.74, 6) is 4.32. The summed E-state index contributed by atoms with van der Waals surface area (Å²) < 4.78 is 5.51. The van der Waals surface area contributed by atoms with Gasteiger partial charge < -0.3 is 20.3 Å². The minimum Gasteiger partial charge on any atom is -0.497 e. The second-order valence-corrected chi connectivity index (χ2v) is 10.8. The molecule has 2 N–H and O–H groups in total. The zero-order chi connectivity index (χ0) is 20.3. The van der Waals surface area contributed by atoms with Crippen LogP contribution >= 0.6 is 0 Å². The molecule has 5 heteroatoms. The molecule has 5 nitrogen and oxygen atoms in total. The van der Waals surface area contributed by atoms with Gasteiger partial charge in [0.25, 0.3) is 0 Å². The van der Waals surface area contributed by atoms with Gasteiger partial charge in [-0.3, -0.25) is 0 Å². The minimum atomic E-state index is 0.127. The predicted octanol–water partition coefficient (Wildman–Crippen LogP) is 3.67. The number of fused-ring (bicyclic) bond motifs is 2. The molecule has 0 unspecified atom stereocenters. The third kappa shape index (κ3) is 3.04. The van der Waals surface area contributed by atoms with E-state index in [9.17, 15) is 4.79 Å². The Bertz CT molecular complexity index is 802. The highest BCUT2D eigenvalue weighted by atomic mass is 16.5. The van der Waals surface area contributed by atoms with Crippen molar-refractivity contribution in [3.05, 3.63) is 29.3 Å². The molecule has 0 aromatic heterocycles. The van der Waals surface area contributed by atoms with Crippen LogP contribution in [-0.2, 0) is 12.0 Å². The van der Waals surface area contributed by atoms with E-state index in [1.165, 1.54) is 43.2 Å². The number of amides is 2. The Kier molecular flexibility index (Phi) is 4.52. The molecule has 5 fully saturated rings. The summed E-state index contributed by atoms with van der Waals surface area (Å²) in [6, 6.07) is 7.13. The third-order valence-corrected chi connectivity index (χ3v) is 9.19. The Morgan fingerprint density at radius 2 is 1.80 bits per heavy atom. The van der Waals surface area contributed by atoms with E-state index < -0.39 is 0 Å². The van der Waals surface area contributed by atoms with Crippen LogP contribution in [0.4, 0.5) is 4.79 Å². The van der Waals surface area contributed by atoms with Gasteiger partial charge in [-0.1, -0.05) is 6.07 Å². The molecular formula is C25H35N3O2. The fourth-order valence-corrected chi connectivity index (χ4v) is 7.84. The van der Waals surface area contributed by atoms with E-state index in [1.54, 1.807) is 7.11 Å². The number of benzene rings is 1. The van der Waals surface area contributed by atoms with Crippen LogP contribution in [0.25, 0.3) is 0 Å². The normalized spacial score (nSPS) is 35.9. The van der Waals surface area contributed by atoms with Crippen LogP contribution in [-0.4, -0.2) is 43.7 Å². The first-order valence-corrected chi connectivity index (χ1v) is 12.1. The van der Waals surface area contributed by atoms with Crippen LogP contribution in [0.3, 0.4) is 0 Å². The third-order valence-electron chi connectivity index (χ3n) is 9.19. The first-order chi connectivity index (χ1) is 14.6. The molecule has 4 bridgehead atoms. The van der Waals surface area contributed by atoms with Crippen LogP contribution in [0.5, 0.6) is 5.75 Å². The molecule has 7 rings (SSSR count). The lowest BCUT2D eigenvalue weighted by atomic mass is 9.54. The summed E-state index contributed by atoms with van der Waals surface area (Å²) in [6.07, 6.45) is 8.92. The van der Waals surface area contributed by atoms with E-state index in [1.807, 2.05) is 0 Å². The molecule has 30 heavy (non-hydrogen) atoms. The predicted molar refractivity (Wildman–Crippen MR) is 117 cm³/mol. The average Bonchev–Trinajstić information content (AvgIpc) is 2.76. The van der Waals surface area contributed by atoms with E-state index in [0.717, 1.165) is 68.4 Å². The number of carbonyl (C=O) groups is 1. The Morgan fingerprint density at radius 3 is 2.47 bits per heavy atom. The van der Waals surface area contributed by atoms with Gasteiger partial charge in [-0.25, -0.2) is 4.79 Å². The summed E-state index contributed by atoms with van der Waals surface area (Å²) in [5, 5.41) is 7.14. The summed E-state index contributed by atoms with van der Waals surface area (Å²) in [7, 11) is 1.74. The molecule has 2 heterocycles. The van der Waals surface area contributed by atoms with Gasteiger partial charge in [-0.2, -0.15) is 0 Å². The second-order valence-electron chi connectivity index (χ2n) is 10.8. The van der Waals surface area contributed by atoms with Crippen molar-refractivity contribution < 1.29 is 9.53 Å². The number of ether oxygens (including phenoxy) is 1. The molecule has 1 spiro atoms. The van der Waals surface area contributed by atoms with Crippen molar-refractivity contribution in [3.63, 3.8) is 0 Å². The zero-order valence-corrected chi connectivity index (χ0v) is 18.2. The number of nitrogens with one attached hydrogen (secondary N) is 2. The number of nitrogens with zero attached hydrogens (tertiary/aromatic N) is 1. The minimum absolute atomic E-state index is 0.127. The largest absolute Gasteiger partial charge is 0.497 e. The number of carbonyl (C=O) groups excluding carboxylic acids is 1. The van der Waals surface area contributed by atoms with Crippen LogP contribution < -0.4 is 15.4 Å². The average molecular weight is 410 g/mol. The van der Waals surface area contributed by atoms with Crippen LogP contribution in [0, 0.1) is 23.7 Å². The van der Waals surface area contributed by atoms with Gasteiger partial charge in [0.15, 0.2) is 0 Å². The molecule has 6 aliphatic rings. The molecule has 1 aromatic rings. The number of piperidine rings is 1. The van der Waals surface area contributed by atoms with Crippen LogP contribution in [0.15, 0.2) is 18.2 Å². The fourth-order valence-electron chi connectivity index (χ4n) is 7.84. The van der Waals surface area contributed by atoms with Crippen molar-refractivity contribution >= 4 is 6.03 Å². The molecular weight excluding hydrogens is 374 g/mol. The fraction of sp³-hybridized carbons (Fsp3) is 0.720. The summed E-state index contributed by atoms with van der Waals surface area (Å²) >= 11 is 0. The van der Waals surface area contributed by atoms with Crippen LogP contribution in [0.2, 0.25) is 0 Å². The summed E-state index contributed by atoms with van der Waals surface area (Å²) in [5.41, 5.74) is 2.94. The highest BCUT2D eigenvalue weighted by Crippen LogP contribution is 2.53. The number of urea groups is 1. The second kappa shape index (κ2) is 7.15. The van der Waals surface area contributed by atoms with Gasteiger partial charge in [0.2, 0.25) is 0 Å². The van der Waals surface area contributed by atoms with E-state index in [0.29, 0.717) is 6.04 Å². The van der Waals surface area contributed by atoms with Gasteiger partial charge in [-0.05, 0) is 91.9 Å². The molecule has 4 aliphatic carbocycles. The molecule has 1 aromatic carbocycles. The standard InChI is InChI=1S/C25H35N3O2/c1-30-21-3-2-18-14-26-15-25(22(18)13-21)4-6-28(7-5-25)24(29)27-23-19-9-16-8-17(11-19)12-20(23)10-16/h2-3,13,16-17,19-20,23,26H,4-12,14-15H2,1H3,(H,27,29). The number of likely N-dealkylation sites (tertiary alicyclic amines) is 1. The van der Waals surface area contributed by atoms with Gasteiger partial charge >= 0.3 is 6.03 Å². The maximum atomic E-state index is 13.2. The number of rotatable bonds is 2. The SMILES string of the molecule is COc1ccc2c(c1)C1(CCN(C(=O)NC3C4CC5CC(C4)CC3C5)CC1)CNC2. The molecule has 0 radical (unpaired) electrons. The van der Waals surface area contributed by atoms with Crippen LogP contribution in [0.1, 0.15) is 56.1 Å². The summed E-state index contributed by atoms with van der Waals surface area (Å²) in [4.78, 5) is 15.3. The number of hydrogen-bond acceptors (Lipinski definition) is 3. The lowest BCUT2D eigenvalue weighted by Gasteiger charge is -2.54. The van der Waals surface area contributed by atoms with Crippen molar-refractivity contribution in [2.75, 3.05) is 26.7 Å². The first-order valence-electron chi connectivity index (χ1n) is 12.1. The monoisotopic (exact) mass is 409 g/mol. The topological polar surface area (TPSA) is 53.6 Å². The van der Waals surface area contributed by atoms with Crippen molar-refractivity contribution in [2.45, 2.75) is 62.9 Å². The van der Waals surface area contributed by atoms with Gasteiger partial charge in [0.1, 0.15) is 5.75 Å². The molecule has 1 saturated heterocycles. The van der Waals surface area contributed by atoms with Gasteiger partial charge in [0, 0.05) is 37.6 Å². The number of hydrogen-bond donors (Lipinski definition) is 2. The molecule has 2 aliphatic heterocycles. The molecule has 4 saturated carbocycles. The quantitative estimate of drug-likeness (QED) is 0.784. The van der Waals surface area contributed by atoms with E-state index in [2.05, 4.69) is 33.7 Å². The molecule has 2 amide bonds. The van der Waals surface area contributed by atoms with E-state index in [-0.39, 0.29) is 11.4 Å². The first kappa shape index (κ1) is 19.0. The highest BCUT2D eigenvalue weighted by Gasteiger charge is 2.49. The lowest BCUT2D eigenvalue weighted by molar-refractivity contribution is -0.0115. The van der Waals surface area contributed by atoms with E-state index in [4.69, 9.17) is 4.74 Å². The number of methoxy groups -OCH3 is 1. The van der Waals surface area contributed by atoms with Gasteiger partial charge in [0.05, 0.1) is 7.11 Å². The summed E-state index contributed by atoms with van der Waals surface area (Å²) in [6.45, 7) is 3.62. The van der Waals surface area contributed by atoms with E-state index >= 15 is 0 Å². The Balaban J connectivity index is 1.13. The smallest absolute Gasteiger partial charge is 0.317 e. The van der Waals surface area contributed by atoms with Gasteiger partial charge in [-0.15, -0.1) is 0 Å². The zero-order valence-electron chi connectivity index (χ0n) is 18.2. The molecule has 162 valence electrons. The van der Waals surface area contributed by atoms with Crippen molar-refractivity contribution in [3.8, 4) is 5.75 Å².